The summed E-state index contributed by atoms with van der Waals surface area (Å²) in [4.78, 5) is 38.4. The molecule has 0 atom stereocenters. The molecule has 35 heavy (non-hydrogen) atoms. The molecule has 2 amide bonds. The van der Waals surface area contributed by atoms with Crippen LogP contribution in [0.5, 0.6) is 11.5 Å². The number of carbonyl (C=O) groups excluding carboxylic acids is 3. The Kier molecular flexibility index (Phi) is 9.06. The molecule has 2 aromatic carbocycles. The molecule has 10 heteroatoms. The first-order valence-electron chi connectivity index (χ1n) is 10.8. The molecule has 0 spiro atoms. The number of hydrogen-bond acceptors (Lipinski definition) is 7. The van der Waals surface area contributed by atoms with Gasteiger partial charge >= 0.3 is 5.97 Å². The molecule has 1 heterocycles. The molecule has 3 rings (SSSR count). The molecular weight excluding hydrogens is 602 g/mol. The van der Waals surface area contributed by atoms with Gasteiger partial charge in [-0.15, -0.1) is 0 Å². The summed E-state index contributed by atoms with van der Waals surface area (Å²) in [6.45, 7) is 7.35. The van der Waals surface area contributed by atoms with Crippen molar-refractivity contribution in [3.63, 3.8) is 0 Å². The molecule has 0 aromatic heterocycles. The fraction of sp³-hybridized carbons (Fsp3) is 0.320. The largest absolute Gasteiger partial charge is 0.490 e. The molecular formula is C25H25Br2NO6S. The first kappa shape index (κ1) is 27.3. The van der Waals surface area contributed by atoms with E-state index in [1.807, 2.05) is 31.2 Å². The van der Waals surface area contributed by atoms with Crippen LogP contribution in [-0.2, 0) is 20.9 Å². The lowest BCUT2D eigenvalue weighted by Gasteiger charge is -2.21. The number of thioether (sulfide) groups is 1. The van der Waals surface area contributed by atoms with Gasteiger partial charge in [-0.2, -0.15) is 0 Å². The molecule has 186 valence electrons. The second-order valence-corrected chi connectivity index (χ2v) is 11.3. The summed E-state index contributed by atoms with van der Waals surface area (Å²) >= 11 is 7.72. The highest BCUT2D eigenvalue weighted by atomic mass is 79.9. The number of hydrogen-bond donors (Lipinski definition) is 0. The average molecular weight is 627 g/mol. The van der Waals surface area contributed by atoms with E-state index >= 15 is 0 Å². The van der Waals surface area contributed by atoms with Crippen molar-refractivity contribution in [2.24, 2.45) is 0 Å². The van der Waals surface area contributed by atoms with Crippen LogP contribution in [0.25, 0.3) is 6.08 Å². The molecule has 0 radical (unpaired) electrons. The highest BCUT2D eigenvalue weighted by Crippen LogP contribution is 2.39. The first-order chi connectivity index (χ1) is 16.5. The topological polar surface area (TPSA) is 82.1 Å². The lowest BCUT2D eigenvalue weighted by Crippen LogP contribution is -2.37. The standard InChI is InChI=1S/C25H25Br2NO6S/c1-5-32-19-11-16(10-18(27)22(19)33-14-15-6-8-17(26)9-7-15)12-20-23(30)28(24(31)35-20)13-21(29)34-25(2,3)4/h6-12H,5,13-14H2,1-4H3. The van der Waals surface area contributed by atoms with Crippen molar-refractivity contribution in [3.8, 4) is 11.5 Å². The van der Waals surface area contributed by atoms with Crippen LogP contribution in [-0.4, -0.2) is 40.8 Å². The van der Waals surface area contributed by atoms with Crippen LogP contribution in [0.3, 0.4) is 0 Å². The average Bonchev–Trinajstić information content (AvgIpc) is 3.00. The summed E-state index contributed by atoms with van der Waals surface area (Å²) in [6.07, 6.45) is 1.59. The Morgan fingerprint density at radius 2 is 1.77 bits per heavy atom. The van der Waals surface area contributed by atoms with E-state index < -0.39 is 29.3 Å². The normalized spacial score (nSPS) is 15.0. The number of carbonyl (C=O) groups is 3. The molecule has 1 aliphatic heterocycles. The molecule has 0 unspecified atom stereocenters. The van der Waals surface area contributed by atoms with Crippen molar-refractivity contribution in [2.75, 3.05) is 13.2 Å². The fourth-order valence-corrected chi connectivity index (χ4v) is 4.78. The van der Waals surface area contributed by atoms with Crippen LogP contribution in [0.4, 0.5) is 4.79 Å². The van der Waals surface area contributed by atoms with Crippen LogP contribution in [0, 0.1) is 0 Å². The maximum absolute atomic E-state index is 12.8. The zero-order chi connectivity index (χ0) is 25.8. The van der Waals surface area contributed by atoms with E-state index in [1.54, 1.807) is 39.0 Å². The fourth-order valence-electron chi connectivity index (χ4n) is 3.10. The number of amides is 2. The summed E-state index contributed by atoms with van der Waals surface area (Å²) in [7, 11) is 0. The van der Waals surface area contributed by atoms with Crippen LogP contribution in [0.2, 0.25) is 0 Å². The maximum Gasteiger partial charge on any atom is 0.326 e. The van der Waals surface area contributed by atoms with Crippen molar-refractivity contribution >= 4 is 66.8 Å². The zero-order valence-corrected chi connectivity index (χ0v) is 23.7. The predicted molar refractivity (Wildman–Crippen MR) is 142 cm³/mol. The number of esters is 1. The van der Waals surface area contributed by atoms with Crippen molar-refractivity contribution < 1.29 is 28.6 Å². The number of imide groups is 1. The Bertz CT molecular complexity index is 1160. The van der Waals surface area contributed by atoms with Gasteiger partial charge in [0.05, 0.1) is 16.0 Å². The van der Waals surface area contributed by atoms with Gasteiger partial charge in [0.2, 0.25) is 0 Å². The van der Waals surface area contributed by atoms with Gasteiger partial charge < -0.3 is 14.2 Å². The number of ether oxygens (including phenoxy) is 3. The highest BCUT2D eigenvalue weighted by Gasteiger charge is 2.37. The third-order valence-electron chi connectivity index (χ3n) is 4.51. The van der Waals surface area contributed by atoms with Gasteiger partial charge in [-0.3, -0.25) is 19.3 Å². The molecule has 0 bridgehead atoms. The monoisotopic (exact) mass is 625 g/mol. The van der Waals surface area contributed by atoms with E-state index in [0.29, 0.717) is 34.7 Å². The lowest BCUT2D eigenvalue weighted by atomic mass is 10.1. The van der Waals surface area contributed by atoms with E-state index in [9.17, 15) is 14.4 Å². The van der Waals surface area contributed by atoms with Crippen molar-refractivity contribution in [2.45, 2.75) is 39.9 Å². The van der Waals surface area contributed by atoms with Crippen molar-refractivity contribution in [1.29, 1.82) is 0 Å². The third kappa shape index (κ3) is 7.59. The highest BCUT2D eigenvalue weighted by molar-refractivity contribution is 9.10. The van der Waals surface area contributed by atoms with Crippen LogP contribution < -0.4 is 9.47 Å². The summed E-state index contributed by atoms with van der Waals surface area (Å²) in [5, 5.41) is -0.523. The smallest absolute Gasteiger partial charge is 0.326 e. The van der Waals surface area contributed by atoms with E-state index in [-0.39, 0.29) is 4.91 Å². The molecule has 1 fully saturated rings. The summed E-state index contributed by atoms with van der Waals surface area (Å²) in [5.74, 6) is -0.159. The summed E-state index contributed by atoms with van der Waals surface area (Å²) in [5.41, 5.74) is 0.919. The van der Waals surface area contributed by atoms with Crippen LogP contribution in [0.1, 0.15) is 38.8 Å². The van der Waals surface area contributed by atoms with E-state index in [1.165, 1.54) is 0 Å². The Morgan fingerprint density at radius 3 is 2.40 bits per heavy atom. The minimum Gasteiger partial charge on any atom is -0.490 e. The molecule has 7 nitrogen and oxygen atoms in total. The summed E-state index contributed by atoms with van der Waals surface area (Å²) in [6, 6.07) is 11.3. The van der Waals surface area contributed by atoms with Crippen molar-refractivity contribution in [3.05, 3.63) is 61.4 Å². The quantitative estimate of drug-likeness (QED) is 0.242. The SMILES string of the molecule is CCOc1cc(C=C2SC(=O)N(CC(=O)OC(C)(C)C)C2=O)cc(Br)c1OCc1ccc(Br)cc1. The van der Waals surface area contributed by atoms with Gasteiger partial charge in [0.1, 0.15) is 18.8 Å². The molecule has 0 N–H and O–H groups in total. The van der Waals surface area contributed by atoms with E-state index in [4.69, 9.17) is 14.2 Å². The van der Waals surface area contributed by atoms with Gasteiger partial charge in [-0.25, -0.2) is 0 Å². The van der Waals surface area contributed by atoms with E-state index in [0.717, 1.165) is 26.7 Å². The van der Waals surface area contributed by atoms with E-state index in [2.05, 4.69) is 31.9 Å². The Morgan fingerprint density at radius 1 is 1.09 bits per heavy atom. The molecule has 0 saturated carbocycles. The van der Waals surface area contributed by atoms with Crippen molar-refractivity contribution in [1.82, 2.24) is 4.90 Å². The second-order valence-electron chi connectivity index (χ2n) is 8.53. The second kappa shape index (κ2) is 11.6. The Labute approximate surface area is 225 Å². The summed E-state index contributed by atoms with van der Waals surface area (Å²) < 4.78 is 18.6. The zero-order valence-electron chi connectivity index (χ0n) is 19.7. The van der Waals surface area contributed by atoms with Crippen LogP contribution >= 0.6 is 43.6 Å². The number of halogens is 2. The van der Waals surface area contributed by atoms with Gasteiger partial charge in [-0.1, -0.05) is 28.1 Å². The van der Waals surface area contributed by atoms with Crippen LogP contribution in [0.15, 0.2) is 50.2 Å². The number of rotatable bonds is 8. The molecule has 0 aliphatic carbocycles. The lowest BCUT2D eigenvalue weighted by molar-refractivity contribution is -0.156. The molecule has 2 aromatic rings. The molecule has 1 saturated heterocycles. The van der Waals surface area contributed by atoms with Gasteiger partial charge in [-0.05, 0) is 96.9 Å². The first-order valence-corrected chi connectivity index (χ1v) is 13.2. The van der Waals surface area contributed by atoms with Gasteiger partial charge in [0, 0.05) is 4.47 Å². The van der Waals surface area contributed by atoms with Gasteiger partial charge in [0.25, 0.3) is 11.1 Å². The third-order valence-corrected chi connectivity index (χ3v) is 6.53. The number of benzene rings is 2. The number of nitrogens with zero attached hydrogens (tertiary/aromatic N) is 1. The minimum absolute atomic E-state index is 0.205. The predicted octanol–water partition coefficient (Wildman–Crippen LogP) is 6.57. The maximum atomic E-state index is 12.8. The van der Waals surface area contributed by atoms with Gasteiger partial charge in [0.15, 0.2) is 11.5 Å². The minimum atomic E-state index is -0.710. The molecule has 1 aliphatic rings. The Hall–Kier alpha value is -2.30. The Balaban J connectivity index is 1.79.